The van der Waals surface area contributed by atoms with E-state index < -0.39 is 5.79 Å². The monoisotopic (exact) mass is 494 g/mol. The molecule has 0 spiro atoms. The lowest BCUT2D eigenvalue weighted by Crippen LogP contribution is -2.55. The summed E-state index contributed by atoms with van der Waals surface area (Å²) in [5.41, 5.74) is 2.59. The molecule has 36 heavy (non-hydrogen) atoms. The van der Waals surface area contributed by atoms with Crippen LogP contribution in [0.2, 0.25) is 0 Å². The minimum atomic E-state index is -1.10. The third-order valence-electron chi connectivity index (χ3n) is 11.5. The molecule has 4 aliphatic carbocycles. The normalized spacial score (nSPS) is 41.6. The maximum atomic E-state index is 12.9. The predicted molar refractivity (Wildman–Crippen MR) is 142 cm³/mol. The molecule has 0 amide bonds. The van der Waals surface area contributed by atoms with Gasteiger partial charge in [0.15, 0.2) is 5.79 Å². The molecule has 4 nitrogen and oxygen atoms in total. The van der Waals surface area contributed by atoms with E-state index in [1.54, 1.807) is 0 Å². The fraction of sp³-hybridized carbons (Fsp3) is 0.719. The van der Waals surface area contributed by atoms with E-state index in [-0.39, 0.29) is 16.2 Å². The molecule has 0 radical (unpaired) electrons. The van der Waals surface area contributed by atoms with Crippen LogP contribution in [-0.2, 0) is 16.1 Å². The number of carbonyl (C=O) groups is 1. The number of hydrogen-bond donors (Lipinski definition) is 1. The zero-order chi connectivity index (χ0) is 25.8. The van der Waals surface area contributed by atoms with Crippen molar-refractivity contribution in [1.82, 2.24) is 0 Å². The Bertz CT molecular complexity index is 1010. The molecule has 4 aliphatic rings. The molecule has 0 bridgehead atoms. The summed E-state index contributed by atoms with van der Waals surface area (Å²) >= 11 is 0. The molecule has 1 aromatic carbocycles. The van der Waals surface area contributed by atoms with Crippen LogP contribution in [0.3, 0.4) is 0 Å². The fourth-order valence-corrected chi connectivity index (χ4v) is 9.35. The lowest BCUT2D eigenvalue weighted by atomic mass is 9.45. The van der Waals surface area contributed by atoms with Gasteiger partial charge in [-0.2, -0.15) is 0 Å². The number of ether oxygens (including phenoxy) is 2. The van der Waals surface area contributed by atoms with E-state index in [1.807, 2.05) is 38.1 Å². The van der Waals surface area contributed by atoms with Crippen LogP contribution < -0.4 is 4.74 Å². The zero-order valence-electron chi connectivity index (χ0n) is 23.1. The first-order valence-electron chi connectivity index (χ1n) is 14.4. The summed E-state index contributed by atoms with van der Waals surface area (Å²) in [4.78, 5) is 12.9. The highest BCUT2D eigenvalue weighted by Gasteiger charge is 2.65. The van der Waals surface area contributed by atoms with E-state index in [2.05, 4.69) is 26.8 Å². The van der Waals surface area contributed by atoms with E-state index in [0.717, 1.165) is 43.4 Å². The van der Waals surface area contributed by atoms with Gasteiger partial charge in [-0.1, -0.05) is 44.6 Å². The van der Waals surface area contributed by atoms with Crippen molar-refractivity contribution < 1.29 is 19.4 Å². The Morgan fingerprint density at radius 3 is 2.42 bits per heavy atom. The van der Waals surface area contributed by atoms with E-state index in [1.165, 1.54) is 18.4 Å². The second-order valence-corrected chi connectivity index (χ2v) is 12.7. The topological polar surface area (TPSA) is 55.8 Å². The molecule has 7 unspecified atom stereocenters. The standard InChI is InChI=1S/C32H46O4/c1-6-31(22(3)33)17-15-28-26-13-10-24-20-32(34,36-21-23-8-11-25(12-9-23)35-7-2)19-18-29(24,4)27(26)14-16-30(28,31)5/h8-12,26-28,34H,6-7,13-21H2,1-5H3. The second kappa shape index (κ2) is 9.27. The van der Waals surface area contributed by atoms with E-state index in [0.29, 0.717) is 49.6 Å². The summed E-state index contributed by atoms with van der Waals surface area (Å²) in [6.07, 6.45) is 11.4. The van der Waals surface area contributed by atoms with Crippen molar-refractivity contribution in [2.45, 2.75) is 105 Å². The van der Waals surface area contributed by atoms with Gasteiger partial charge in [-0.15, -0.1) is 0 Å². The van der Waals surface area contributed by atoms with Crippen molar-refractivity contribution in [2.75, 3.05) is 6.61 Å². The molecule has 0 saturated heterocycles. The summed E-state index contributed by atoms with van der Waals surface area (Å²) in [5, 5.41) is 11.4. The Hall–Kier alpha value is -1.65. The van der Waals surface area contributed by atoms with Crippen LogP contribution in [0.25, 0.3) is 0 Å². The molecule has 3 fully saturated rings. The van der Waals surface area contributed by atoms with E-state index >= 15 is 0 Å². The average Bonchev–Trinajstić information content (AvgIpc) is 3.18. The molecule has 0 aliphatic heterocycles. The van der Waals surface area contributed by atoms with E-state index in [4.69, 9.17) is 9.47 Å². The number of carbonyl (C=O) groups excluding carboxylic acids is 1. The summed E-state index contributed by atoms with van der Waals surface area (Å²) in [7, 11) is 0. The minimum Gasteiger partial charge on any atom is -0.494 e. The van der Waals surface area contributed by atoms with Crippen molar-refractivity contribution in [3.63, 3.8) is 0 Å². The van der Waals surface area contributed by atoms with E-state index in [9.17, 15) is 9.90 Å². The highest BCUT2D eigenvalue weighted by atomic mass is 16.6. The maximum Gasteiger partial charge on any atom is 0.169 e. The van der Waals surface area contributed by atoms with Gasteiger partial charge >= 0.3 is 0 Å². The number of Topliss-reactive ketones (excluding diaryl/α,β-unsaturated/α-hetero) is 1. The first-order chi connectivity index (χ1) is 17.1. The van der Waals surface area contributed by atoms with Crippen LogP contribution in [0.4, 0.5) is 0 Å². The van der Waals surface area contributed by atoms with Gasteiger partial charge in [0.1, 0.15) is 11.5 Å². The summed E-state index contributed by atoms with van der Waals surface area (Å²) in [6, 6.07) is 7.97. The molecular weight excluding hydrogens is 448 g/mol. The van der Waals surface area contributed by atoms with Crippen LogP contribution >= 0.6 is 0 Å². The van der Waals surface area contributed by atoms with Crippen molar-refractivity contribution in [1.29, 1.82) is 0 Å². The number of aliphatic hydroxyl groups is 1. The Morgan fingerprint density at radius 1 is 1.03 bits per heavy atom. The molecule has 0 aromatic heterocycles. The first kappa shape index (κ1) is 26.0. The number of benzene rings is 1. The summed E-state index contributed by atoms with van der Waals surface area (Å²) in [5.74, 6) is 2.11. The van der Waals surface area contributed by atoms with Crippen molar-refractivity contribution >= 4 is 5.78 Å². The van der Waals surface area contributed by atoms with Gasteiger partial charge in [-0.3, -0.25) is 4.79 Å². The minimum absolute atomic E-state index is 0.130. The van der Waals surface area contributed by atoms with Crippen LogP contribution in [0.5, 0.6) is 5.75 Å². The van der Waals surface area contributed by atoms with Crippen molar-refractivity contribution in [3.8, 4) is 5.75 Å². The molecule has 7 atom stereocenters. The Labute approximate surface area is 217 Å². The predicted octanol–water partition coefficient (Wildman–Crippen LogP) is 7.24. The maximum absolute atomic E-state index is 12.9. The van der Waals surface area contributed by atoms with Gasteiger partial charge in [0.05, 0.1) is 13.2 Å². The summed E-state index contributed by atoms with van der Waals surface area (Å²) in [6.45, 7) is 12.0. The lowest BCUT2D eigenvalue weighted by Gasteiger charge is -2.60. The number of allylic oxidation sites excluding steroid dienone is 1. The van der Waals surface area contributed by atoms with Crippen LogP contribution in [-0.4, -0.2) is 23.3 Å². The van der Waals surface area contributed by atoms with Gasteiger partial charge in [0, 0.05) is 18.3 Å². The Kier molecular flexibility index (Phi) is 6.69. The van der Waals surface area contributed by atoms with Crippen LogP contribution in [0, 0.1) is 34.0 Å². The quantitative estimate of drug-likeness (QED) is 0.321. The second-order valence-electron chi connectivity index (χ2n) is 12.7. The fourth-order valence-electron chi connectivity index (χ4n) is 9.35. The number of rotatable bonds is 7. The highest BCUT2D eigenvalue weighted by molar-refractivity contribution is 5.83. The SMILES string of the molecule is CCOc1ccc(COC2(O)CCC3(C)C(=CCC4C3CCC3(C)C4CCC3(CC)C(C)=O)C2)cc1. The smallest absolute Gasteiger partial charge is 0.169 e. The van der Waals surface area contributed by atoms with Gasteiger partial charge in [-0.25, -0.2) is 0 Å². The Balaban J connectivity index is 1.31. The summed E-state index contributed by atoms with van der Waals surface area (Å²) < 4.78 is 11.7. The van der Waals surface area contributed by atoms with Gasteiger partial charge in [0.2, 0.25) is 0 Å². The molecule has 4 heteroatoms. The third-order valence-corrected chi connectivity index (χ3v) is 11.5. The lowest BCUT2D eigenvalue weighted by molar-refractivity contribution is -0.231. The van der Waals surface area contributed by atoms with Gasteiger partial charge in [-0.05, 0) is 105 Å². The van der Waals surface area contributed by atoms with Crippen molar-refractivity contribution in [3.05, 3.63) is 41.5 Å². The Morgan fingerprint density at radius 2 is 1.75 bits per heavy atom. The van der Waals surface area contributed by atoms with Crippen molar-refractivity contribution in [2.24, 2.45) is 34.0 Å². The molecule has 3 saturated carbocycles. The third kappa shape index (κ3) is 3.89. The molecule has 198 valence electrons. The number of fused-ring (bicyclic) bond motifs is 5. The molecule has 0 heterocycles. The first-order valence-corrected chi connectivity index (χ1v) is 14.4. The molecule has 5 rings (SSSR count). The zero-order valence-corrected chi connectivity index (χ0v) is 23.1. The van der Waals surface area contributed by atoms with Crippen LogP contribution in [0.15, 0.2) is 35.9 Å². The van der Waals surface area contributed by atoms with Gasteiger partial charge < -0.3 is 14.6 Å². The largest absolute Gasteiger partial charge is 0.494 e. The van der Waals surface area contributed by atoms with Gasteiger partial charge in [0.25, 0.3) is 0 Å². The highest BCUT2D eigenvalue weighted by Crippen LogP contribution is 2.70. The number of hydrogen-bond acceptors (Lipinski definition) is 4. The van der Waals surface area contributed by atoms with Crippen LogP contribution in [0.1, 0.15) is 98.0 Å². The number of ketones is 1. The molecule has 1 aromatic rings. The molecular formula is C32H46O4. The molecule has 1 N–H and O–H groups in total. The average molecular weight is 495 g/mol.